The molecule has 2 heterocycles. The smallest absolute Gasteiger partial charge is 0.243 e. The van der Waals surface area contributed by atoms with Gasteiger partial charge in [0.25, 0.3) is 0 Å². The molecule has 0 radical (unpaired) electrons. The standard InChI is InChI=1S/C25H31FN2O5S/c1-17(2)24(18-4-6-20(26)7-5-18)27-25(29)19-10-12-28(13-11-19)34(30,31)21-8-9-22-23(16-21)33-15-3-14-32-22/h4-9,16-17,19,24H,3,10-15H2,1-2H3,(H,27,29)/t24-/m1/s1. The molecule has 7 nitrogen and oxygen atoms in total. The molecule has 4 rings (SSSR count). The monoisotopic (exact) mass is 490 g/mol. The van der Waals surface area contributed by atoms with Gasteiger partial charge in [-0.1, -0.05) is 26.0 Å². The number of carbonyl (C=O) groups is 1. The maximum Gasteiger partial charge on any atom is 0.243 e. The molecular weight excluding hydrogens is 459 g/mol. The summed E-state index contributed by atoms with van der Waals surface area (Å²) in [5.74, 6) is 0.405. The summed E-state index contributed by atoms with van der Waals surface area (Å²) in [5.41, 5.74) is 0.846. The zero-order chi connectivity index (χ0) is 24.3. The fraction of sp³-hybridized carbons (Fsp3) is 0.480. The topological polar surface area (TPSA) is 84.9 Å². The van der Waals surface area contributed by atoms with Gasteiger partial charge in [0.1, 0.15) is 5.82 Å². The summed E-state index contributed by atoms with van der Waals surface area (Å²) in [6.45, 7) is 5.53. The Hall–Kier alpha value is -2.65. The Bertz CT molecular complexity index is 1110. The van der Waals surface area contributed by atoms with Crippen molar-refractivity contribution in [2.45, 2.75) is 44.0 Å². The highest BCUT2D eigenvalue weighted by Crippen LogP contribution is 2.34. The van der Waals surface area contributed by atoms with Crippen molar-refractivity contribution < 1.29 is 27.1 Å². The van der Waals surface area contributed by atoms with E-state index in [0.29, 0.717) is 37.6 Å². The maximum atomic E-state index is 13.3. The Morgan fingerprint density at radius 3 is 2.32 bits per heavy atom. The van der Waals surface area contributed by atoms with Crippen LogP contribution in [0.3, 0.4) is 0 Å². The minimum atomic E-state index is -3.71. The van der Waals surface area contributed by atoms with Crippen LogP contribution in [0.2, 0.25) is 0 Å². The molecule has 1 N–H and O–H groups in total. The van der Waals surface area contributed by atoms with Crippen LogP contribution in [0.4, 0.5) is 4.39 Å². The van der Waals surface area contributed by atoms with Gasteiger partial charge in [0, 0.05) is 31.5 Å². The highest BCUT2D eigenvalue weighted by molar-refractivity contribution is 7.89. The van der Waals surface area contributed by atoms with Crippen LogP contribution >= 0.6 is 0 Å². The third-order valence-corrected chi connectivity index (χ3v) is 8.27. The molecule has 0 aliphatic carbocycles. The van der Waals surface area contributed by atoms with E-state index in [-0.39, 0.29) is 47.6 Å². The molecule has 0 unspecified atom stereocenters. The SMILES string of the molecule is CC(C)[C@@H](NC(=O)C1CCN(S(=O)(=O)c2ccc3c(c2)OCCCO3)CC1)c1ccc(F)cc1. The van der Waals surface area contributed by atoms with Crippen molar-refractivity contribution in [3.63, 3.8) is 0 Å². The quantitative estimate of drug-likeness (QED) is 0.664. The second kappa shape index (κ2) is 10.3. The van der Waals surface area contributed by atoms with Gasteiger partial charge in [-0.15, -0.1) is 0 Å². The Labute approximate surface area is 200 Å². The van der Waals surface area contributed by atoms with E-state index in [4.69, 9.17) is 9.47 Å². The zero-order valence-electron chi connectivity index (χ0n) is 19.5. The predicted octanol–water partition coefficient (Wildman–Crippen LogP) is 3.90. The van der Waals surface area contributed by atoms with Crippen LogP contribution in [-0.4, -0.2) is 44.9 Å². The number of fused-ring (bicyclic) bond motifs is 1. The lowest BCUT2D eigenvalue weighted by Crippen LogP contribution is -2.44. The first-order valence-corrected chi connectivity index (χ1v) is 13.2. The zero-order valence-corrected chi connectivity index (χ0v) is 20.3. The van der Waals surface area contributed by atoms with E-state index in [1.165, 1.54) is 28.6 Å². The number of carbonyl (C=O) groups excluding carboxylic acids is 1. The third kappa shape index (κ3) is 5.36. The van der Waals surface area contributed by atoms with E-state index in [1.807, 2.05) is 13.8 Å². The van der Waals surface area contributed by atoms with Gasteiger partial charge < -0.3 is 14.8 Å². The van der Waals surface area contributed by atoms with Crippen molar-refractivity contribution in [3.05, 3.63) is 53.8 Å². The molecule has 1 amide bonds. The minimum Gasteiger partial charge on any atom is -0.490 e. The first-order chi connectivity index (χ1) is 16.3. The number of ether oxygens (including phenoxy) is 2. The normalized spacial score (nSPS) is 18.4. The Kier molecular flexibility index (Phi) is 7.42. The van der Waals surface area contributed by atoms with Crippen molar-refractivity contribution >= 4 is 15.9 Å². The molecule has 2 aromatic rings. The minimum absolute atomic E-state index is 0.101. The van der Waals surface area contributed by atoms with E-state index in [2.05, 4.69) is 5.32 Å². The van der Waals surface area contributed by atoms with Gasteiger partial charge in [0.05, 0.1) is 24.2 Å². The Morgan fingerprint density at radius 2 is 1.68 bits per heavy atom. The molecule has 184 valence electrons. The number of nitrogens with zero attached hydrogens (tertiary/aromatic N) is 1. The van der Waals surface area contributed by atoms with E-state index in [9.17, 15) is 17.6 Å². The van der Waals surface area contributed by atoms with Gasteiger partial charge >= 0.3 is 0 Å². The molecule has 9 heteroatoms. The van der Waals surface area contributed by atoms with Crippen LogP contribution in [0.5, 0.6) is 11.5 Å². The summed E-state index contributed by atoms with van der Waals surface area (Å²) >= 11 is 0. The molecule has 1 fully saturated rings. The summed E-state index contributed by atoms with van der Waals surface area (Å²) in [6.07, 6.45) is 1.61. The number of halogens is 1. The van der Waals surface area contributed by atoms with Gasteiger partial charge in [0.15, 0.2) is 11.5 Å². The maximum absolute atomic E-state index is 13.3. The van der Waals surface area contributed by atoms with Gasteiger partial charge in [-0.3, -0.25) is 4.79 Å². The molecule has 2 aromatic carbocycles. The third-order valence-electron chi connectivity index (χ3n) is 6.38. The molecule has 0 aromatic heterocycles. The van der Waals surface area contributed by atoms with Gasteiger partial charge in [-0.2, -0.15) is 4.31 Å². The Balaban J connectivity index is 1.39. The van der Waals surface area contributed by atoms with Crippen molar-refractivity contribution in [1.82, 2.24) is 9.62 Å². The molecule has 2 aliphatic rings. The fourth-order valence-electron chi connectivity index (χ4n) is 4.39. The molecule has 0 spiro atoms. The summed E-state index contributed by atoms with van der Waals surface area (Å²) in [7, 11) is -3.71. The summed E-state index contributed by atoms with van der Waals surface area (Å²) in [6, 6.07) is 10.6. The van der Waals surface area contributed by atoms with Crippen LogP contribution in [0, 0.1) is 17.7 Å². The molecule has 0 bridgehead atoms. The molecule has 2 aliphatic heterocycles. The molecular formula is C25H31FN2O5S. The van der Waals surface area contributed by atoms with Crippen LogP contribution in [0.25, 0.3) is 0 Å². The second-order valence-electron chi connectivity index (χ2n) is 9.12. The van der Waals surface area contributed by atoms with Gasteiger partial charge in [-0.25, -0.2) is 12.8 Å². The number of hydrogen-bond donors (Lipinski definition) is 1. The van der Waals surface area contributed by atoms with E-state index < -0.39 is 10.0 Å². The number of piperidine rings is 1. The summed E-state index contributed by atoms with van der Waals surface area (Å²) < 4.78 is 52.4. The number of benzene rings is 2. The van der Waals surface area contributed by atoms with Crippen molar-refractivity contribution in [2.24, 2.45) is 11.8 Å². The first-order valence-electron chi connectivity index (χ1n) is 11.7. The largest absolute Gasteiger partial charge is 0.490 e. The first kappa shape index (κ1) is 24.5. The lowest BCUT2D eigenvalue weighted by Gasteiger charge is -2.32. The lowest BCUT2D eigenvalue weighted by molar-refractivity contribution is -0.127. The average molecular weight is 491 g/mol. The van der Waals surface area contributed by atoms with E-state index in [1.54, 1.807) is 18.2 Å². The second-order valence-corrected chi connectivity index (χ2v) is 11.1. The lowest BCUT2D eigenvalue weighted by atomic mass is 9.92. The molecule has 1 saturated heterocycles. The Morgan fingerprint density at radius 1 is 1.03 bits per heavy atom. The van der Waals surface area contributed by atoms with Crippen LogP contribution in [0.1, 0.15) is 44.7 Å². The highest BCUT2D eigenvalue weighted by Gasteiger charge is 2.33. The van der Waals surface area contributed by atoms with Crippen molar-refractivity contribution in [1.29, 1.82) is 0 Å². The average Bonchev–Trinajstić information content (AvgIpc) is 3.08. The number of amides is 1. The highest BCUT2D eigenvalue weighted by atomic mass is 32.2. The molecule has 0 saturated carbocycles. The number of rotatable bonds is 6. The number of sulfonamides is 1. The summed E-state index contributed by atoms with van der Waals surface area (Å²) in [4.78, 5) is 13.2. The molecule has 1 atom stereocenters. The van der Waals surface area contributed by atoms with Gasteiger partial charge in [-0.05, 0) is 48.6 Å². The van der Waals surface area contributed by atoms with E-state index >= 15 is 0 Å². The predicted molar refractivity (Wildman–Crippen MR) is 126 cm³/mol. The fourth-order valence-corrected chi connectivity index (χ4v) is 5.87. The summed E-state index contributed by atoms with van der Waals surface area (Å²) in [5, 5.41) is 3.09. The number of hydrogen-bond acceptors (Lipinski definition) is 5. The van der Waals surface area contributed by atoms with Crippen molar-refractivity contribution in [2.75, 3.05) is 26.3 Å². The van der Waals surface area contributed by atoms with Crippen LogP contribution in [-0.2, 0) is 14.8 Å². The van der Waals surface area contributed by atoms with Gasteiger partial charge in [0.2, 0.25) is 15.9 Å². The molecule has 34 heavy (non-hydrogen) atoms. The van der Waals surface area contributed by atoms with E-state index in [0.717, 1.165) is 12.0 Å². The van der Waals surface area contributed by atoms with Crippen LogP contribution in [0.15, 0.2) is 47.4 Å². The number of nitrogens with one attached hydrogen (secondary N) is 1. The van der Waals surface area contributed by atoms with Crippen molar-refractivity contribution in [3.8, 4) is 11.5 Å². The van der Waals surface area contributed by atoms with Crippen LogP contribution < -0.4 is 14.8 Å².